The van der Waals surface area contributed by atoms with E-state index < -0.39 is 5.91 Å². The van der Waals surface area contributed by atoms with Crippen LogP contribution in [0.5, 0.6) is 0 Å². The molecule has 0 bridgehead atoms. The lowest BCUT2D eigenvalue weighted by molar-refractivity contribution is 0.0954. The predicted molar refractivity (Wildman–Crippen MR) is 57.1 cm³/mol. The zero-order valence-corrected chi connectivity index (χ0v) is 8.19. The lowest BCUT2D eigenvalue weighted by Crippen LogP contribution is -2.29. The van der Waals surface area contributed by atoms with Crippen molar-refractivity contribution in [1.29, 1.82) is 0 Å². The van der Waals surface area contributed by atoms with Crippen molar-refractivity contribution in [1.82, 2.24) is 10.4 Å². The number of hydrogen-bond acceptors (Lipinski definition) is 4. The Balaban J connectivity index is 2.77. The van der Waals surface area contributed by atoms with Gasteiger partial charge in [0.1, 0.15) is 5.82 Å². The first-order valence-electron chi connectivity index (χ1n) is 4.16. The number of nitrogens with zero attached hydrogens (tertiary/aromatic N) is 2. The molecule has 1 aromatic rings. The van der Waals surface area contributed by atoms with Crippen molar-refractivity contribution in [2.75, 3.05) is 12.4 Å². The molecule has 0 atom stereocenters. The molecule has 6 N–H and O–H groups in total. The van der Waals surface area contributed by atoms with E-state index in [1.807, 2.05) is 0 Å². The monoisotopic (exact) mass is 208 g/mol. The summed E-state index contributed by atoms with van der Waals surface area (Å²) in [6, 6.07) is 3.13. The molecular formula is C8H12N6O. The first-order chi connectivity index (χ1) is 7.13. The summed E-state index contributed by atoms with van der Waals surface area (Å²) in [6.07, 6.45) is 1.51. The molecule has 0 aromatic carbocycles. The summed E-state index contributed by atoms with van der Waals surface area (Å²) in [7, 11) is 1.71. The highest BCUT2D eigenvalue weighted by Gasteiger charge is 2.04. The van der Waals surface area contributed by atoms with E-state index in [1.165, 1.54) is 6.20 Å². The van der Waals surface area contributed by atoms with Crippen molar-refractivity contribution in [2.24, 2.45) is 16.6 Å². The number of hydrogen-bond donors (Lipinski definition) is 4. The van der Waals surface area contributed by atoms with Gasteiger partial charge in [-0.3, -0.25) is 4.79 Å². The molecule has 7 heteroatoms. The highest BCUT2D eigenvalue weighted by Crippen LogP contribution is 2.05. The maximum Gasteiger partial charge on any atom is 0.271 e. The van der Waals surface area contributed by atoms with Crippen molar-refractivity contribution >= 4 is 17.7 Å². The molecule has 1 aromatic heterocycles. The van der Waals surface area contributed by atoms with Crippen LogP contribution < -0.4 is 22.2 Å². The molecule has 0 saturated heterocycles. The number of nitrogens with two attached hydrogens (primary N) is 2. The number of carbonyl (C=O) groups is 1. The zero-order valence-electron chi connectivity index (χ0n) is 8.19. The molecule has 0 fully saturated rings. The van der Waals surface area contributed by atoms with E-state index in [4.69, 9.17) is 11.5 Å². The van der Waals surface area contributed by atoms with E-state index in [1.54, 1.807) is 19.2 Å². The van der Waals surface area contributed by atoms with Gasteiger partial charge in [0.05, 0.1) is 0 Å². The predicted octanol–water partition coefficient (Wildman–Crippen LogP) is -0.958. The van der Waals surface area contributed by atoms with Crippen molar-refractivity contribution in [3.05, 3.63) is 23.9 Å². The van der Waals surface area contributed by atoms with Crippen molar-refractivity contribution in [3.63, 3.8) is 0 Å². The minimum absolute atomic E-state index is 0.203. The molecule has 0 unspecified atom stereocenters. The Morgan fingerprint density at radius 2 is 2.27 bits per heavy atom. The topological polar surface area (TPSA) is 118 Å². The van der Waals surface area contributed by atoms with Crippen LogP contribution in [-0.4, -0.2) is 23.9 Å². The number of pyridine rings is 1. The summed E-state index contributed by atoms with van der Waals surface area (Å²) in [6.45, 7) is 0. The maximum absolute atomic E-state index is 11.4. The van der Waals surface area contributed by atoms with E-state index in [2.05, 4.69) is 20.8 Å². The molecule has 15 heavy (non-hydrogen) atoms. The Morgan fingerprint density at radius 3 is 2.87 bits per heavy atom. The Kier molecular flexibility index (Phi) is 3.44. The Labute approximate surface area is 86.6 Å². The summed E-state index contributed by atoms with van der Waals surface area (Å²) < 4.78 is 0. The van der Waals surface area contributed by atoms with Gasteiger partial charge in [0.2, 0.25) is 5.96 Å². The minimum Gasteiger partial charge on any atom is -0.373 e. The molecule has 0 radical (unpaired) electrons. The fourth-order valence-corrected chi connectivity index (χ4v) is 0.888. The fraction of sp³-hybridized carbons (Fsp3) is 0.125. The largest absolute Gasteiger partial charge is 0.373 e. The standard InChI is InChI=1S/C8H12N6O/c1-11-6-4-5(2-3-12-6)7(15)13-14-8(9)10/h2-4H,1H3,(H,11,12)(H,13,15)(H4,9,10,14). The van der Waals surface area contributed by atoms with E-state index in [0.29, 0.717) is 11.4 Å². The van der Waals surface area contributed by atoms with Crippen LogP contribution in [0.4, 0.5) is 5.82 Å². The number of nitrogens with one attached hydrogen (secondary N) is 2. The van der Waals surface area contributed by atoms with Crippen LogP contribution in [0.2, 0.25) is 0 Å². The van der Waals surface area contributed by atoms with Crippen LogP contribution in [0.1, 0.15) is 10.4 Å². The SMILES string of the molecule is CNc1cc(C(=O)NN=C(N)N)ccn1. The van der Waals surface area contributed by atoms with Gasteiger partial charge in [-0.05, 0) is 12.1 Å². The number of hydrazone groups is 1. The average molecular weight is 208 g/mol. The van der Waals surface area contributed by atoms with Gasteiger partial charge in [0.15, 0.2) is 0 Å². The average Bonchev–Trinajstić information content (AvgIpc) is 2.26. The number of rotatable bonds is 3. The summed E-state index contributed by atoms with van der Waals surface area (Å²) in [5, 5.41) is 6.20. The van der Waals surface area contributed by atoms with Gasteiger partial charge in [-0.25, -0.2) is 10.4 Å². The third-order valence-corrected chi connectivity index (χ3v) is 1.56. The molecule has 0 aliphatic carbocycles. The summed E-state index contributed by atoms with van der Waals surface area (Å²) in [4.78, 5) is 15.4. The van der Waals surface area contributed by atoms with Gasteiger partial charge in [-0.15, -0.1) is 5.10 Å². The molecule has 0 aliphatic rings. The molecule has 0 saturated carbocycles. The maximum atomic E-state index is 11.4. The second-order valence-corrected chi connectivity index (χ2v) is 2.66. The zero-order chi connectivity index (χ0) is 11.3. The second-order valence-electron chi connectivity index (χ2n) is 2.66. The molecule has 7 nitrogen and oxygen atoms in total. The van der Waals surface area contributed by atoms with Gasteiger partial charge in [0, 0.05) is 18.8 Å². The summed E-state index contributed by atoms with van der Waals surface area (Å²) >= 11 is 0. The van der Waals surface area contributed by atoms with Crippen LogP contribution in [-0.2, 0) is 0 Å². The molecule has 80 valence electrons. The highest BCUT2D eigenvalue weighted by molar-refractivity contribution is 5.95. The van der Waals surface area contributed by atoms with Crippen LogP contribution in [0.25, 0.3) is 0 Å². The van der Waals surface area contributed by atoms with Crippen molar-refractivity contribution in [2.45, 2.75) is 0 Å². The smallest absolute Gasteiger partial charge is 0.271 e. The molecular weight excluding hydrogens is 196 g/mol. The quantitative estimate of drug-likeness (QED) is 0.290. The van der Waals surface area contributed by atoms with E-state index in [0.717, 1.165) is 0 Å². The van der Waals surface area contributed by atoms with Gasteiger partial charge >= 0.3 is 0 Å². The molecule has 1 rings (SSSR count). The summed E-state index contributed by atoms with van der Waals surface area (Å²) in [5.74, 6) is -0.0131. The Morgan fingerprint density at radius 1 is 1.53 bits per heavy atom. The fourth-order valence-electron chi connectivity index (χ4n) is 0.888. The molecule has 0 spiro atoms. The highest BCUT2D eigenvalue weighted by atomic mass is 16.2. The first-order valence-corrected chi connectivity index (χ1v) is 4.16. The van der Waals surface area contributed by atoms with Gasteiger partial charge in [-0.1, -0.05) is 0 Å². The molecule has 1 amide bonds. The van der Waals surface area contributed by atoms with Gasteiger partial charge < -0.3 is 16.8 Å². The minimum atomic E-state index is -0.401. The Hall–Kier alpha value is -2.31. The van der Waals surface area contributed by atoms with Crippen LogP contribution >= 0.6 is 0 Å². The van der Waals surface area contributed by atoms with Crippen molar-refractivity contribution < 1.29 is 4.79 Å². The van der Waals surface area contributed by atoms with Crippen molar-refractivity contribution in [3.8, 4) is 0 Å². The number of carbonyl (C=O) groups excluding carboxylic acids is 1. The first kappa shape index (κ1) is 10.8. The van der Waals surface area contributed by atoms with Crippen LogP contribution in [0.3, 0.4) is 0 Å². The second kappa shape index (κ2) is 4.80. The number of amides is 1. The Bertz CT molecular complexity index is 384. The van der Waals surface area contributed by atoms with E-state index >= 15 is 0 Å². The van der Waals surface area contributed by atoms with E-state index in [-0.39, 0.29) is 5.96 Å². The lowest BCUT2D eigenvalue weighted by atomic mass is 10.2. The summed E-state index contributed by atoms with van der Waals surface area (Å²) in [5.41, 5.74) is 12.7. The number of guanidine groups is 1. The van der Waals surface area contributed by atoms with Crippen LogP contribution in [0.15, 0.2) is 23.4 Å². The molecule has 1 heterocycles. The number of anilines is 1. The lowest BCUT2D eigenvalue weighted by Gasteiger charge is -2.02. The third-order valence-electron chi connectivity index (χ3n) is 1.56. The third kappa shape index (κ3) is 3.14. The van der Waals surface area contributed by atoms with Crippen LogP contribution in [0, 0.1) is 0 Å². The normalized spacial score (nSPS) is 9.13. The van der Waals surface area contributed by atoms with Gasteiger partial charge in [0.25, 0.3) is 5.91 Å². The number of aromatic nitrogens is 1. The van der Waals surface area contributed by atoms with E-state index in [9.17, 15) is 4.79 Å². The van der Waals surface area contributed by atoms with Gasteiger partial charge in [-0.2, -0.15) is 0 Å². The molecule has 0 aliphatic heterocycles.